The third-order valence-corrected chi connectivity index (χ3v) is 5.99. The van der Waals surface area contributed by atoms with Crippen molar-refractivity contribution in [2.75, 3.05) is 10.6 Å². The molecule has 3 rings (SSSR count). The summed E-state index contributed by atoms with van der Waals surface area (Å²) in [5, 5.41) is 6.66. The molecule has 0 aliphatic heterocycles. The number of amides is 1. The van der Waals surface area contributed by atoms with E-state index in [-0.39, 0.29) is 12.4 Å². The number of aryl methyl sites for hydroxylation is 2. The van der Waals surface area contributed by atoms with Crippen molar-refractivity contribution in [1.29, 1.82) is 0 Å². The summed E-state index contributed by atoms with van der Waals surface area (Å²) in [6, 6.07) is 13.8. The second kappa shape index (κ2) is 9.30. The van der Waals surface area contributed by atoms with E-state index in [0.717, 1.165) is 27.3 Å². The maximum absolute atomic E-state index is 12.9. The molecule has 1 unspecified atom stereocenters. The van der Waals surface area contributed by atoms with Gasteiger partial charge in [0, 0.05) is 5.56 Å². The highest BCUT2D eigenvalue weighted by Gasteiger charge is 2.31. The molecule has 9 heteroatoms. The molecule has 1 aromatic heterocycles. The third-order valence-electron chi connectivity index (χ3n) is 4.81. The molecule has 0 saturated heterocycles. The van der Waals surface area contributed by atoms with E-state index in [1.165, 1.54) is 0 Å². The highest BCUT2D eigenvalue weighted by Crippen LogP contribution is 2.23. The quantitative estimate of drug-likeness (QED) is 0.574. The van der Waals surface area contributed by atoms with Crippen LogP contribution in [-0.4, -0.2) is 36.8 Å². The van der Waals surface area contributed by atoms with E-state index in [1.807, 2.05) is 50.2 Å². The summed E-state index contributed by atoms with van der Waals surface area (Å²) in [4.78, 5) is 17.2. The van der Waals surface area contributed by atoms with Crippen molar-refractivity contribution < 1.29 is 17.7 Å². The van der Waals surface area contributed by atoms with Crippen molar-refractivity contribution in [3.8, 4) is 11.4 Å². The fourth-order valence-electron chi connectivity index (χ4n) is 3.18. The second-order valence-corrected chi connectivity index (χ2v) is 9.27. The first-order valence-corrected chi connectivity index (χ1v) is 11.8. The van der Waals surface area contributed by atoms with Gasteiger partial charge in [0.1, 0.15) is 6.04 Å². The standard InChI is InChI=1S/C22H26N4O4S/c1-5-19(26(31(4,28)29)18-12-8-16(3)9-13-18)22(27)23-14-20-24-21(25-30-20)17-10-6-15(2)7-11-17/h6-13,19H,5,14H2,1-4H3,(H,23,27). The molecule has 1 amide bonds. The van der Waals surface area contributed by atoms with Gasteiger partial charge < -0.3 is 9.84 Å². The zero-order valence-corrected chi connectivity index (χ0v) is 18.8. The van der Waals surface area contributed by atoms with Crippen LogP contribution in [0.25, 0.3) is 11.4 Å². The van der Waals surface area contributed by atoms with Gasteiger partial charge in [0.25, 0.3) is 0 Å². The molecule has 1 heterocycles. The Morgan fingerprint density at radius 1 is 1.06 bits per heavy atom. The molecule has 3 aromatic rings. The molecule has 0 aliphatic carbocycles. The van der Waals surface area contributed by atoms with Gasteiger partial charge in [-0.2, -0.15) is 4.98 Å². The van der Waals surface area contributed by atoms with E-state index in [2.05, 4.69) is 15.5 Å². The lowest BCUT2D eigenvalue weighted by Gasteiger charge is -2.30. The average molecular weight is 443 g/mol. The number of carbonyl (C=O) groups is 1. The number of sulfonamides is 1. The molecule has 0 radical (unpaired) electrons. The molecule has 8 nitrogen and oxygen atoms in total. The van der Waals surface area contributed by atoms with E-state index in [4.69, 9.17) is 4.52 Å². The first-order valence-electron chi connectivity index (χ1n) is 9.92. The number of nitrogens with one attached hydrogen (secondary N) is 1. The Balaban J connectivity index is 1.74. The lowest BCUT2D eigenvalue weighted by atomic mass is 10.1. The summed E-state index contributed by atoms with van der Waals surface area (Å²) in [5.74, 6) is 0.220. The molecule has 0 bridgehead atoms. The van der Waals surface area contributed by atoms with Crippen LogP contribution in [0.2, 0.25) is 0 Å². The maximum atomic E-state index is 12.9. The van der Waals surface area contributed by atoms with Crippen LogP contribution < -0.4 is 9.62 Å². The molecule has 0 saturated carbocycles. The molecule has 1 atom stereocenters. The fourth-order valence-corrected chi connectivity index (χ4v) is 4.39. The van der Waals surface area contributed by atoms with Gasteiger partial charge in [0.05, 0.1) is 18.5 Å². The lowest BCUT2D eigenvalue weighted by molar-refractivity contribution is -0.122. The maximum Gasteiger partial charge on any atom is 0.246 e. The molecule has 31 heavy (non-hydrogen) atoms. The molecule has 2 aromatic carbocycles. The van der Waals surface area contributed by atoms with Crippen LogP contribution in [0.1, 0.15) is 30.4 Å². The van der Waals surface area contributed by atoms with Crippen LogP contribution in [0.5, 0.6) is 0 Å². The van der Waals surface area contributed by atoms with Gasteiger partial charge in [-0.3, -0.25) is 9.10 Å². The van der Waals surface area contributed by atoms with E-state index < -0.39 is 22.0 Å². The van der Waals surface area contributed by atoms with Gasteiger partial charge in [-0.15, -0.1) is 0 Å². The zero-order valence-electron chi connectivity index (χ0n) is 18.0. The topological polar surface area (TPSA) is 105 Å². The predicted molar refractivity (Wildman–Crippen MR) is 119 cm³/mol. The van der Waals surface area contributed by atoms with Crippen LogP contribution >= 0.6 is 0 Å². The SMILES string of the molecule is CCC(C(=O)NCc1nc(-c2ccc(C)cc2)no1)N(c1ccc(C)cc1)S(C)(=O)=O. The number of carbonyl (C=O) groups excluding carboxylic acids is 1. The number of hydrogen-bond donors (Lipinski definition) is 1. The Morgan fingerprint density at radius 2 is 1.65 bits per heavy atom. The van der Waals surface area contributed by atoms with Crippen LogP contribution in [-0.2, 0) is 21.4 Å². The second-order valence-electron chi connectivity index (χ2n) is 7.41. The highest BCUT2D eigenvalue weighted by atomic mass is 32.2. The summed E-state index contributed by atoms with van der Waals surface area (Å²) in [6.45, 7) is 5.66. The zero-order chi connectivity index (χ0) is 22.6. The van der Waals surface area contributed by atoms with Gasteiger partial charge >= 0.3 is 0 Å². The monoisotopic (exact) mass is 442 g/mol. The minimum absolute atomic E-state index is 0.000303. The predicted octanol–water partition coefficient (Wildman–Crippen LogP) is 3.21. The normalized spacial score (nSPS) is 12.4. The fraction of sp³-hybridized carbons (Fsp3) is 0.318. The van der Waals surface area contributed by atoms with Crippen molar-refractivity contribution in [1.82, 2.24) is 15.5 Å². The first-order chi connectivity index (χ1) is 14.7. The van der Waals surface area contributed by atoms with Crippen molar-refractivity contribution in [3.63, 3.8) is 0 Å². The van der Waals surface area contributed by atoms with Crippen LogP contribution in [0.15, 0.2) is 53.1 Å². The first kappa shape index (κ1) is 22.5. The Bertz CT molecular complexity index is 1140. The lowest BCUT2D eigenvalue weighted by Crippen LogP contribution is -2.49. The Hall–Kier alpha value is -3.20. The Labute approximate surface area is 182 Å². The molecule has 0 spiro atoms. The molecule has 1 N–H and O–H groups in total. The highest BCUT2D eigenvalue weighted by molar-refractivity contribution is 7.92. The third kappa shape index (κ3) is 5.49. The molecular weight excluding hydrogens is 416 g/mol. The molecule has 0 aliphatic rings. The summed E-state index contributed by atoms with van der Waals surface area (Å²) in [7, 11) is -3.68. The summed E-state index contributed by atoms with van der Waals surface area (Å²) < 4.78 is 31.3. The summed E-state index contributed by atoms with van der Waals surface area (Å²) in [6.07, 6.45) is 1.39. The van der Waals surface area contributed by atoms with Crippen molar-refractivity contribution in [3.05, 3.63) is 65.5 Å². The number of rotatable bonds is 8. The van der Waals surface area contributed by atoms with Crippen molar-refractivity contribution >= 4 is 21.6 Å². The number of hydrogen-bond acceptors (Lipinski definition) is 6. The number of benzene rings is 2. The van der Waals surface area contributed by atoms with Crippen molar-refractivity contribution in [2.45, 2.75) is 39.8 Å². The summed E-state index contributed by atoms with van der Waals surface area (Å²) >= 11 is 0. The Morgan fingerprint density at radius 3 is 2.19 bits per heavy atom. The van der Waals surface area contributed by atoms with Crippen molar-refractivity contribution in [2.24, 2.45) is 0 Å². The van der Waals surface area contributed by atoms with Crippen LogP contribution in [0.4, 0.5) is 5.69 Å². The van der Waals surface area contributed by atoms with E-state index in [1.54, 1.807) is 19.1 Å². The number of nitrogens with zero attached hydrogens (tertiary/aromatic N) is 3. The number of aromatic nitrogens is 2. The van der Waals surface area contributed by atoms with Gasteiger partial charge in [0.15, 0.2) is 0 Å². The smallest absolute Gasteiger partial charge is 0.246 e. The minimum Gasteiger partial charge on any atom is -0.345 e. The average Bonchev–Trinajstić information content (AvgIpc) is 3.20. The number of anilines is 1. The Kier molecular flexibility index (Phi) is 6.74. The van der Waals surface area contributed by atoms with Gasteiger partial charge in [-0.05, 0) is 32.4 Å². The molecule has 0 fully saturated rings. The van der Waals surface area contributed by atoms with E-state index in [0.29, 0.717) is 17.9 Å². The van der Waals surface area contributed by atoms with Gasteiger partial charge in [-0.25, -0.2) is 8.42 Å². The van der Waals surface area contributed by atoms with Crippen LogP contribution in [0, 0.1) is 13.8 Å². The van der Waals surface area contributed by atoms with E-state index >= 15 is 0 Å². The van der Waals surface area contributed by atoms with Crippen LogP contribution in [0.3, 0.4) is 0 Å². The minimum atomic E-state index is -3.68. The van der Waals surface area contributed by atoms with E-state index in [9.17, 15) is 13.2 Å². The molecular formula is C22H26N4O4S. The largest absolute Gasteiger partial charge is 0.345 e. The summed E-state index contributed by atoms with van der Waals surface area (Å²) in [5.41, 5.74) is 3.36. The van der Waals surface area contributed by atoms with Gasteiger partial charge in [0.2, 0.25) is 27.6 Å². The molecule has 164 valence electrons. The van der Waals surface area contributed by atoms with Gasteiger partial charge in [-0.1, -0.05) is 59.6 Å².